The summed E-state index contributed by atoms with van der Waals surface area (Å²) in [5.74, 6) is 0.133. The third-order valence-electron chi connectivity index (χ3n) is 5.63. The molecule has 2 atom stereocenters. The number of nitrogen functional groups attached to an aromatic ring is 1. The van der Waals surface area contributed by atoms with E-state index in [2.05, 4.69) is 9.97 Å². The first kappa shape index (κ1) is 22.9. The molecular weight excluding hydrogens is 470 g/mol. The van der Waals surface area contributed by atoms with E-state index in [9.17, 15) is 13.2 Å². The summed E-state index contributed by atoms with van der Waals surface area (Å²) in [6.07, 6.45) is 1.78. The van der Waals surface area contributed by atoms with Gasteiger partial charge in [0.15, 0.2) is 0 Å². The second-order valence-electron chi connectivity index (χ2n) is 7.96. The Morgan fingerprint density at radius 1 is 1.22 bits per heavy atom. The van der Waals surface area contributed by atoms with Crippen LogP contribution in [-0.4, -0.2) is 57.9 Å². The highest BCUT2D eigenvalue weighted by Crippen LogP contribution is 2.26. The summed E-state index contributed by atoms with van der Waals surface area (Å²) < 4.78 is 28.1. The molecule has 2 N–H and O–H groups in total. The number of nitrogens with zero attached hydrogens (tertiary/aromatic N) is 4. The third-order valence-corrected chi connectivity index (χ3v) is 8.96. The fraction of sp³-hybridized carbons (Fsp3) is 0.381. The van der Waals surface area contributed by atoms with Crippen molar-refractivity contribution in [1.29, 1.82) is 0 Å². The van der Waals surface area contributed by atoms with Gasteiger partial charge in [-0.15, -0.1) is 11.3 Å². The molecule has 2 aromatic heterocycles. The largest absolute Gasteiger partial charge is 0.383 e. The van der Waals surface area contributed by atoms with Crippen molar-refractivity contribution in [1.82, 2.24) is 19.2 Å². The second-order valence-corrected chi connectivity index (χ2v) is 11.7. The van der Waals surface area contributed by atoms with E-state index in [4.69, 9.17) is 17.3 Å². The molecule has 1 aromatic carbocycles. The lowest BCUT2D eigenvalue weighted by molar-refractivity contribution is -0.140. The number of benzene rings is 1. The summed E-state index contributed by atoms with van der Waals surface area (Å²) in [6, 6.07) is 8.10. The van der Waals surface area contributed by atoms with Crippen LogP contribution in [0, 0.1) is 0 Å². The predicted octanol–water partition coefficient (Wildman–Crippen LogP) is 2.92. The number of amides is 1. The molecule has 170 valence electrons. The number of carbonyl (C=O) groups excluding carboxylic acids is 1. The van der Waals surface area contributed by atoms with Crippen molar-refractivity contribution in [2.24, 2.45) is 0 Å². The number of aryl methyl sites for hydroxylation is 1. The molecular formula is C21H24ClN5O3S2. The van der Waals surface area contributed by atoms with E-state index in [1.54, 1.807) is 17.9 Å². The Labute approximate surface area is 196 Å². The SMILES string of the molecule is C[C@H]1CN(Cc2ccc3c(N)ncnc3c2)C(=O)[C@H](C)N1S(=O)(=O)CCc1ccc(Cl)s1. The molecule has 4 rings (SSSR count). The van der Waals surface area contributed by atoms with Gasteiger partial charge in [-0.05, 0) is 50.1 Å². The molecule has 0 unspecified atom stereocenters. The number of nitrogens with two attached hydrogens (primary N) is 1. The van der Waals surface area contributed by atoms with Crippen LogP contribution < -0.4 is 5.73 Å². The van der Waals surface area contributed by atoms with Gasteiger partial charge in [-0.1, -0.05) is 17.7 Å². The van der Waals surface area contributed by atoms with Crippen LogP contribution in [-0.2, 0) is 27.8 Å². The van der Waals surface area contributed by atoms with E-state index in [0.29, 0.717) is 35.2 Å². The average Bonchev–Trinajstić information content (AvgIpc) is 3.16. The maximum absolute atomic E-state index is 13.1. The molecule has 8 nitrogen and oxygen atoms in total. The minimum atomic E-state index is -3.61. The molecule has 3 heterocycles. The summed E-state index contributed by atoms with van der Waals surface area (Å²) in [7, 11) is -3.61. The zero-order chi connectivity index (χ0) is 23.0. The lowest BCUT2D eigenvalue weighted by Gasteiger charge is -2.42. The first-order chi connectivity index (χ1) is 15.2. The van der Waals surface area contributed by atoms with E-state index < -0.39 is 16.1 Å². The third kappa shape index (κ3) is 4.59. The summed E-state index contributed by atoms with van der Waals surface area (Å²) in [6.45, 7) is 4.18. The number of sulfonamides is 1. The number of thiophene rings is 1. The Morgan fingerprint density at radius 3 is 2.72 bits per heavy atom. The number of fused-ring (bicyclic) bond motifs is 1. The van der Waals surface area contributed by atoms with Crippen LogP contribution in [0.25, 0.3) is 10.9 Å². The van der Waals surface area contributed by atoms with Crippen molar-refractivity contribution in [3.8, 4) is 0 Å². The minimum Gasteiger partial charge on any atom is -0.383 e. The van der Waals surface area contributed by atoms with Crippen molar-refractivity contribution >= 4 is 55.6 Å². The van der Waals surface area contributed by atoms with Gasteiger partial charge >= 0.3 is 0 Å². The molecule has 0 spiro atoms. The van der Waals surface area contributed by atoms with Crippen LogP contribution in [0.15, 0.2) is 36.7 Å². The average molecular weight is 494 g/mol. The molecule has 1 aliphatic heterocycles. The van der Waals surface area contributed by atoms with E-state index in [0.717, 1.165) is 15.8 Å². The highest BCUT2D eigenvalue weighted by Gasteiger charge is 2.42. The smallest absolute Gasteiger partial charge is 0.241 e. The van der Waals surface area contributed by atoms with Crippen molar-refractivity contribution in [2.45, 2.75) is 38.9 Å². The number of piperazine rings is 1. The topological polar surface area (TPSA) is 109 Å². The number of carbonyl (C=O) groups is 1. The van der Waals surface area contributed by atoms with Gasteiger partial charge < -0.3 is 10.6 Å². The Morgan fingerprint density at radius 2 is 2.00 bits per heavy atom. The quantitative estimate of drug-likeness (QED) is 0.565. The summed E-state index contributed by atoms with van der Waals surface area (Å²) in [5, 5.41) is 0.757. The van der Waals surface area contributed by atoms with Crippen LogP contribution >= 0.6 is 22.9 Å². The Bertz CT molecular complexity index is 1260. The van der Waals surface area contributed by atoms with Crippen LogP contribution in [0.3, 0.4) is 0 Å². The van der Waals surface area contributed by atoms with Crippen LogP contribution in [0.4, 0.5) is 5.82 Å². The van der Waals surface area contributed by atoms with Crippen LogP contribution in [0.5, 0.6) is 0 Å². The minimum absolute atomic E-state index is 0.0579. The lowest BCUT2D eigenvalue weighted by Crippen LogP contribution is -2.61. The molecule has 0 saturated carbocycles. The van der Waals surface area contributed by atoms with E-state index >= 15 is 0 Å². The normalized spacial score (nSPS) is 20.2. The molecule has 32 heavy (non-hydrogen) atoms. The van der Waals surface area contributed by atoms with Crippen LogP contribution in [0.2, 0.25) is 4.34 Å². The number of aromatic nitrogens is 2. The first-order valence-electron chi connectivity index (χ1n) is 10.2. The molecule has 1 aliphatic rings. The van der Waals surface area contributed by atoms with E-state index in [-0.39, 0.29) is 17.7 Å². The van der Waals surface area contributed by atoms with Crippen molar-refractivity contribution in [3.63, 3.8) is 0 Å². The van der Waals surface area contributed by atoms with Gasteiger partial charge in [0.05, 0.1) is 15.6 Å². The van der Waals surface area contributed by atoms with Crippen molar-refractivity contribution in [2.75, 3.05) is 18.0 Å². The van der Waals surface area contributed by atoms with E-state index in [1.165, 1.54) is 22.0 Å². The molecule has 0 radical (unpaired) electrons. The number of rotatable bonds is 6. The summed E-state index contributed by atoms with van der Waals surface area (Å²) in [4.78, 5) is 23.9. The van der Waals surface area contributed by atoms with Gasteiger partial charge in [0.25, 0.3) is 0 Å². The number of hydrogen-bond donors (Lipinski definition) is 1. The molecule has 1 amide bonds. The van der Waals surface area contributed by atoms with Gasteiger partial charge in [-0.25, -0.2) is 18.4 Å². The van der Waals surface area contributed by atoms with Gasteiger partial charge in [-0.3, -0.25) is 4.79 Å². The Hall–Kier alpha value is -2.27. The fourth-order valence-corrected chi connectivity index (χ4v) is 7.26. The summed E-state index contributed by atoms with van der Waals surface area (Å²) >= 11 is 7.31. The van der Waals surface area contributed by atoms with Gasteiger partial charge in [0, 0.05) is 29.4 Å². The number of hydrogen-bond acceptors (Lipinski definition) is 7. The van der Waals surface area contributed by atoms with Gasteiger partial charge in [-0.2, -0.15) is 4.31 Å². The fourth-order valence-electron chi connectivity index (χ4n) is 4.16. The van der Waals surface area contributed by atoms with Crippen LogP contribution in [0.1, 0.15) is 24.3 Å². The lowest BCUT2D eigenvalue weighted by atomic mass is 10.1. The van der Waals surface area contributed by atoms with Gasteiger partial charge in [0.1, 0.15) is 18.2 Å². The highest BCUT2D eigenvalue weighted by molar-refractivity contribution is 7.89. The highest BCUT2D eigenvalue weighted by atomic mass is 35.5. The molecule has 1 saturated heterocycles. The second kappa shape index (κ2) is 8.93. The maximum Gasteiger partial charge on any atom is 0.241 e. The standard InChI is InChI=1S/C21H24ClN5O3S2/c1-13-10-26(11-15-3-5-17-18(9-15)24-12-25-20(17)23)21(28)14(2)27(13)32(29,30)8-7-16-4-6-19(22)31-16/h3-6,9,12-14H,7-8,10-11H2,1-2H3,(H2,23,24,25)/t13-,14-/m0/s1. The maximum atomic E-state index is 13.1. The molecule has 3 aromatic rings. The summed E-state index contributed by atoms with van der Waals surface area (Å²) in [5.41, 5.74) is 7.49. The number of anilines is 1. The first-order valence-corrected chi connectivity index (χ1v) is 13.0. The van der Waals surface area contributed by atoms with Crippen molar-refractivity contribution in [3.05, 3.63) is 51.4 Å². The van der Waals surface area contributed by atoms with E-state index in [1.807, 2.05) is 31.2 Å². The zero-order valence-electron chi connectivity index (χ0n) is 17.7. The Kier molecular flexibility index (Phi) is 6.39. The Balaban J connectivity index is 1.48. The number of halogens is 1. The zero-order valence-corrected chi connectivity index (χ0v) is 20.1. The van der Waals surface area contributed by atoms with Gasteiger partial charge in [0.2, 0.25) is 15.9 Å². The molecule has 0 bridgehead atoms. The molecule has 1 fully saturated rings. The molecule has 0 aliphatic carbocycles. The van der Waals surface area contributed by atoms with Crippen molar-refractivity contribution < 1.29 is 13.2 Å². The molecule has 11 heteroatoms. The predicted molar refractivity (Wildman–Crippen MR) is 127 cm³/mol. The monoisotopic (exact) mass is 493 g/mol.